The molecule has 138 valence electrons. The van der Waals surface area contributed by atoms with Gasteiger partial charge < -0.3 is 10.2 Å². The first-order chi connectivity index (χ1) is 12.7. The molecule has 2 aromatic carbocycles. The van der Waals surface area contributed by atoms with Crippen molar-refractivity contribution in [1.82, 2.24) is 9.80 Å². The maximum absolute atomic E-state index is 5.62. The number of aryl methyl sites for hydroxylation is 1. The van der Waals surface area contributed by atoms with Gasteiger partial charge >= 0.3 is 0 Å². The number of hydrogen-bond acceptors (Lipinski definition) is 2. The molecule has 0 atom stereocenters. The quantitative estimate of drug-likeness (QED) is 0.755. The van der Waals surface area contributed by atoms with Gasteiger partial charge in [-0.3, -0.25) is 4.90 Å². The number of anilines is 1. The molecule has 0 unspecified atom stereocenters. The lowest BCUT2D eigenvalue weighted by atomic mass is 10.1. The number of rotatable bonds is 6. The van der Waals surface area contributed by atoms with Crippen LogP contribution >= 0.6 is 12.2 Å². The molecule has 3 rings (SSSR count). The van der Waals surface area contributed by atoms with Gasteiger partial charge in [-0.1, -0.05) is 55.8 Å². The maximum Gasteiger partial charge on any atom is 0.173 e. The van der Waals surface area contributed by atoms with E-state index in [1.165, 1.54) is 24.0 Å². The molecule has 0 bridgehead atoms. The number of benzene rings is 2. The van der Waals surface area contributed by atoms with Gasteiger partial charge in [-0.2, -0.15) is 0 Å². The lowest BCUT2D eigenvalue weighted by Crippen LogP contribution is -2.49. The van der Waals surface area contributed by atoms with E-state index in [1.54, 1.807) is 0 Å². The molecule has 1 fully saturated rings. The van der Waals surface area contributed by atoms with E-state index >= 15 is 0 Å². The van der Waals surface area contributed by atoms with Crippen LogP contribution < -0.4 is 5.32 Å². The fourth-order valence-electron chi connectivity index (χ4n) is 3.29. The van der Waals surface area contributed by atoms with Crippen LogP contribution in [0.4, 0.5) is 5.69 Å². The summed E-state index contributed by atoms with van der Waals surface area (Å²) in [5.74, 6) is 0. The van der Waals surface area contributed by atoms with Crippen molar-refractivity contribution in [3.05, 3.63) is 65.7 Å². The van der Waals surface area contributed by atoms with Crippen molar-refractivity contribution >= 4 is 23.0 Å². The number of hydrogen-bond donors (Lipinski definition) is 1. The summed E-state index contributed by atoms with van der Waals surface area (Å²) < 4.78 is 0. The van der Waals surface area contributed by atoms with E-state index < -0.39 is 0 Å². The van der Waals surface area contributed by atoms with Gasteiger partial charge in [-0.15, -0.1) is 0 Å². The summed E-state index contributed by atoms with van der Waals surface area (Å²) in [6, 6.07) is 19.4. The molecular weight excluding hydrogens is 338 g/mol. The molecule has 0 saturated carbocycles. The standard InChI is InChI=1S/C22H29N3S/c1-2-3-7-19-10-12-21(13-11-19)23-22(26)25-16-14-24(15-17-25)18-20-8-5-4-6-9-20/h4-6,8-13H,2-3,7,14-18H2,1H3,(H,23,26). The average molecular weight is 368 g/mol. The lowest BCUT2D eigenvalue weighted by molar-refractivity contribution is 0.177. The van der Waals surface area contributed by atoms with E-state index in [9.17, 15) is 0 Å². The zero-order valence-corrected chi connectivity index (χ0v) is 16.5. The van der Waals surface area contributed by atoms with Gasteiger partial charge in [0.2, 0.25) is 0 Å². The van der Waals surface area contributed by atoms with Crippen LogP contribution in [0, 0.1) is 0 Å². The lowest BCUT2D eigenvalue weighted by Gasteiger charge is -2.36. The van der Waals surface area contributed by atoms with Crippen molar-refractivity contribution in [3.8, 4) is 0 Å². The number of thiocarbonyl (C=S) groups is 1. The van der Waals surface area contributed by atoms with E-state index in [4.69, 9.17) is 12.2 Å². The minimum absolute atomic E-state index is 0.839. The van der Waals surface area contributed by atoms with Crippen molar-refractivity contribution in [2.75, 3.05) is 31.5 Å². The predicted octanol–water partition coefficient (Wildman–Crippen LogP) is 4.54. The minimum atomic E-state index is 0.839. The van der Waals surface area contributed by atoms with E-state index in [2.05, 4.69) is 76.6 Å². The second kappa shape index (κ2) is 9.70. The normalized spacial score (nSPS) is 15.0. The number of nitrogens with one attached hydrogen (secondary N) is 1. The molecule has 1 N–H and O–H groups in total. The second-order valence-electron chi connectivity index (χ2n) is 6.98. The highest BCUT2D eigenvalue weighted by Gasteiger charge is 2.19. The zero-order chi connectivity index (χ0) is 18.2. The third-order valence-corrected chi connectivity index (χ3v) is 5.29. The van der Waals surface area contributed by atoms with Gasteiger partial charge in [-0.05, 0) is 48.3 Å². The highest BCUT2D eigenvalue weighted by Crippen LogP contribution is 2.14. The van der Waals surface area contributed by atoms with E-state index in [1.807, 2.05) is 0 Å². The Balaban J connectivity index is 1.44. The third kappa shape index (κ3) is 5.55. The summed E-state index contributed by atoms with van der Waals surface area (Å²) in [7, 11) is 0. The Kier molecular flexibility index (Phi) is 7.04. The van der Waals surface area contributed by atoms with Crippen molar-refractivity contribution in [1.29, 1.82) is 0 Å². The molecule has 0 radical (unpaired) electrons. The summed E-state index contributed by atoms with van der Waals surface area (Å²) in [6.07, 6.45) is 3.64. The Morgan fingerprint density at radius 3 is 2.27 bits per heavy atom. The Labute approximate surface area is 163 Å². The van der Waals surface area contributed by atoms with Crippen LogP contribution in [0.15, 0.2) is 54.6 Å². The van der Waals surface area contributed by atoms with Crippen molar-refractivity contribution in [2.45, 2.75) is 32.7 Å². The van der Waals surface area contributed by atoms with Crippen molar-refractivity contribution < 1.29 is 0 Å². The van der Waals surface area contributed by atoms with Gasteiger partial charge in [0, 0.05) is 38.4 Å². The number of piperazine rings is 1. The van der Waals surface area contributed by atoms with Crippen molar-refractivity contribution in [3.63, 3.8) is 0 Å². The molecule has 3 nitrogen and oxygen atoms in total. The second-order valence-corrected chi connectivity index (χ2v) is 7.37. The van der Waals surface area contributed by atoms with Crippen LogP contribution in [0.3, 0.4) is 0 Å². The van der Waals surface area contributed by atoms with E-state index in [0.29, 0.717) is 0 Å². The number of nitrogens with zero attached hydrogens (tertiary/aromatic N) is 2. The maximum atomic E-state index is 5.62. The van der Waals surface area contributed by atoms with Crippen LogP contribution in [0.1, 0.15) is 30.9 Å². The fourth-order valence-corrected chi connectivity index (χ4v) is 3.59. The predicted molar refractivity (Wildman–Crippen MR) is 115 cm³/mol. The van der Waals surface area contributed by atoms with Crippen LogP contribution in [0.2, 0.25) is 0 Å². The monoisotopic (exact) mass is 367 g/mol. The Morgan fingerprint density at radius 2 is 1.62 bits per heavy atom. The summed E-state index contributed by atoms with van der Waals surface area (Å²) in [6.45, 7) is 7.31. The first-order valence-electron chi connectivity index (χ1n) is 9.66. The summed E-state index contributed by atoms with van der Waals surface area (Å²) in [5.41, 5.74) is 3.87. The minimum Gasteiger partial charge on any atom is -0.346 e. The van der Waals surface area contributed by atoms with Gasteiger partial charge in [-0.25, -0.2) is 0 Å². The highest BCUT2D eigenvalue weighted by molar-refractivity contribution is 7.80. The molecule has 0 aliphatic carbocycles. The highest BCUT2D eigenvalue weighted by atomic mass is 32.1. The van der Waals surface area contributed by atoms with Crippen LogP contribution in [0.5, 0.6) is 0 Å². The first-order valence-corrected chi connectivity index (χ1v) is 10.1. The molecule has 2 aromatic rings. The molecule has 1 aliphatic heterocycles. The third-order valence-electron chi connectivity index (χ3n) is 4.93. The Hall–Kier alpha value is -1.91. The van der Waals surface area contributed by atoms with Crippen LogP contribution in [-0.2, 0) is 13.0 Å². The molecular formula is C22H29N3S. The van der Waals surface area contributed by atoms with Gasteiger partial charge in [0.15, 0.2) is 5.11 Å². The summed E-state index contributed by atoms with van der Waals surface area (Å²) >= 11 is 5.62. The summed E-state index contributed by atoms with van der Waals surface area (Å²) in [4.78, 5) is 4.78. The average Bonchev–Trinajstić information content (AvgIpc) is 2.69. The molecule has 4 heteroatoms. The Bertz CT molecular complexity index is 676. The van der Waals surface area contributed by atoms with E-state index in [0.717, 1.165) is 49.9 Å². The molecule has 1 heterocycles. The summed E-state index contributed by atoms with van der Waals surface area (Å²) in [5, 5.41) is 4.24. The molecule has 0 amide bonds. The molecule has 0 spiro atoms. The molecule has 26 heavy (non-hydrogen) atoms. The first kappa shape index (κ1) is 18.9. The van der Waals surface area contributed by atoms with Gasteiger partial charge in [0.1, 0.15) is 0 Å². The molecule has 1 aliphatic rings. The van der Waals surface area contributed by atoms with E-state index in [-0.39, 0.29) is 0 Å². The fraction of sp³-hybridized carbons (Fsp3) is 0.409. The van der Waals surface area contributed by atoms with Crippen LogP contribution in [-0.4, -0.2) is 41.1 Å². The SMILES string of the molecule is CCCCc1ccc(NC(=S)N2CCN(Cc3ccccc3)CC2)cc1. The van der Waals surface area contributed by atoms with Gasteiger partial charge in [0.05, 0.1) is 0 Å². The topological polar surface area (TPSA) is 18.5 Å². The van der Waals surface area contributed by atoms with Crippen molar-refractivity contribution in [2.24, 2.45) is 0 Å². The van der Waals surface area contributed by atoms with Crippen LogP contribution in [0.25, 0.3) is 0 Å². The Morgan fingerprint density at radius 1 is 0.923 bits per heavy atom. The smallest absolute Gasteiger partial charge is 0.173 e. The van der Waals surface area contributed by atoms with Gasteiger partial charge in [0.25, 0.3) is 0 Å². The largest absolute Gasteiger partial charge is 0.346 e. The molecule has 1 saturated heterocycles. The number of unbranched alkanes of at least 4 members (excludes halogenated alkanes) is 1. The zero-order valence-electron chi connectivity index (χ0n) is 15.7. The molecule has 0 aromatic heterocycles.